The van der Waals surface area contributed by atoms with E-state index in [1.165, 1.54) is 24.0 Å². The average Bonchev–Trinajstić information content (AvgIpc) is 3.08. The van der Waals surface area contributed by atoms with Crippen LogP contribution in [0.2, 0.25) is 0 Å². The Morgan fingerprint density at radius 2 is 1.64 bits per heavy atom. The minimum Gasteiger partial charge on any atom is -0.335 e. The predicted octanol–water partition coefficient (Wildman–Crippen LogP) is 3.75. The van der Waals surface area contributed by atoms with Crippen LogP contribution in [0.4, 0.5) is 4.79 Å². The van der Waals surface area contributed by atoms with Crippen molar-refractivity contribution in [3.63, 3.8) is 0 Å². The van der Waals surface area contributed by atoms with Crippen LogP contribution in [-0.2, 0) is 12.0 Å². The summed E-state index contributed by atoms with van der Waals surface area (Å²) in [5.74, 6) is 0. The van der Waals surface area contributed by atoms with Gasteiger partial charge in [-0.3, -0.25) is 4.90 Å². The number of urea groups is 1. The normalized spacial score (nSPS) is 20.0. The molecule has 1 aromatic carbocycles. The van der Waals surface area contributed by atoms with E-state index in [2.05, 4.69) is 55.3 Å². The van der Waals surface area contributed by atoms with Gasteiger partial charge in [0.1, 0.15) is 0 Å². The molecule has 25 heavy (non-hydrogen) atoms. The standard InChI is InChI=1S/C21H33N3O/c1-21(2,3)18-10-8-17(9-11-18)16-23-12-14-24(15-13-23)20(25)22-19-6-4-5-7-19/h8-11,19H,4-7,12-16H2,1-3H3,(H,22,25). The maximum Gasteiger partial charge on any atom is 0.317 e. The molecule has 1 aliphatic heterocycles. The van der Waals surface area contributed by atoms with Crippen LogP contribution in [0, 0.1) is 0 Å². The van der Waals surface area contributed by atoms with E-state index in [9.17, 15) is 4.79 Å². The van der Waals surface area contributed by atoms with Gasteiger partial charge in [-0.1, -0.05) is 57.9 Å². The quantitative estimate of drug-likeness (QED) is 0.907. The van der Waals surface area contributed by atoms with Crippen molar-refractivity contribution in [3.05, 3.63) is 35.4 Å². The number of rotatable bonds is 3. The van der Waals surface area contributed by atoms with Crippen molar-refractivity contribution in [1.29, 1.82) is 0 Å². The maximum atomic E-state index is 12.3. The van der Waals surface area contributed by atoms with Crippen LogP contribution < -0.4 is 5.32 Å². The zero-order valence-corrected chi connectivity index (χ0v) is 16.1. The van der Waals surface area contributed by atoms with Crippen LogP contribution in [-0.4, -0.2) is 48.1 Å². The third kappa shape index (κ3) is 4.97. The number of benzene rings is 1. The Labute approximate surface area is 152 Å². The molecule has 1 N–H and O–H groups in total. The van der Waals surface area contributed by atoms with Gasteiger partial charge >= 0.3 is 6.03 Å². The molecule has 1 heterocycles. The van der Waals surface area contributed by atoms with Gasteiger partial charge in [0.2, 0.25) is 0 Å². The van der Waals surface area contributed by atoms with Gasteiger partial charge in [-0.2, -0.15) is 0 Å². The molecule has 138 valence electrons. The fourth-order valence-electron chi connectivity index (χ4n) is 3.81. The smallest absolute Gasteiger partial charge is 0.317 e. The van der Waals surface area contributed by atoms with Crippen molar-refractivity contribution in [2.75, 3.05) is 26.2 Å². The Bertz CT molecular complexity index is 562. The van der Waals surface area contributed by atoms with Crippen LogP contribution in [0.5, 0.6) is 0 Å². The molecule has 0 spiro atoms. The fourth-order valence-corrected chi connectivity index (χ4v) is 3.81. The van der Waals surface area contributed by atoms with Crippen molar-refractivity contribution in [2.45, 2.75) is 64.5 Å². The third-order valence-corrected chi connectivity index (χ3v) is 5.57. The van der Waals surface area contributed by atoms with Crippen molar-refractivity contribution < 1.29 is 4.79 Å². The molecule has 0 aromatic heterocycles. The summed E-state index contributed by atoms with van der Waals surface area (Å²) in [6, 6.07) is 9.55. The number of piperazine rings is 1. The summed E-state index contributed by atoms with van der Waals surface area (Å²) < 4.78 is 0. The summed E-state index contributed by atoms with van der Waals surface area (Å²) in [4.78, 5) is 16.8. The van der Waals surface area contributed by atoms with Gasteiger partial charge in [0, 0.05) is 38.8 Å². The van der Waals surface area contributed by atoms with E-state index in [1.54, 1.807) is 0 Å². The number of carbonyl (C=O) groups is 1. The molecule has 0 bridgehead atoms. The van der Waals surface area contributed by atoms with E-state index in [0.717, 1.165) is 45.6 Å². The summed E-state index contributed by atoms with van der Waals surface area (Å²) in [5.41, 5.74) is 2.94. The van der Waals surface area contributed by atoms with Crippen molar-refractivity contribution >= 4 is 6.03 Å². The number of nitrogens with one attached hydrogen (secondary N) is 1. The molecular weight excluding hydrogens is 310 g/mol. The molecule has 3 rings (SSSR count). The highest BCUT2D eigenvalue weighted by molar-refractivity contribution is 5.74. The number of nitrogens with zero attached hydrogens (tertiary/aromatic N) is 2. The van der Waals surface area contributed by atoms with Gasteiger partial charge in [-0.05, 0) is 29.4 Å². The van der Waals surface area contributed by atoms with Gasteiger partial charge in [-0.15, -0.1) is 0 Å². The van der Waals surface area contributed by atoms with Gasteiger partial charge in [0.25, 0.3) is 0 Å². The molecule has 2 fully saturated rings. The molecule has 1 saturated heterocycles. The van der Waals surface area contributed by atoms with Gasteiger partial charge in [-0.25, -0.2) is 4.79 Å². The summed E-state index contributed by atoms with van der Waals surface area (Å²) in [7, 11) is 0. The lowest BCUT2D eigenvalue weighted by Gasteiger charge is -2.35. The zero-order valence-electron chi connectivity index (χ0n) is 16.1. The molecule has 0 atom stereocenters. The second kappa shape index (κ2) is 7.77. The highest BCUT2D eigenvalue weighted by atomic mass is 16.2. The molecule has 0 unspecified atom stereocenters. The monoisotopic (exact) mass is 343 g/mol. The Kier molecular flexibility index (Phi) is 5.67. The lowest BCUT2D eigenvalue weighted by atomic mass is 9.87. The average molecular weight is 344 g/mol. The molecule has 1 aliphatic carbocycles. The number of amides is 2. The SMILES string of the molecule is CC(C)(C)c1ccc(CN2CCN(C(=O)NC3CCCC3)CC2)cc1. The molecule has 1 aromatic rings. The van der Waals surface area contributed by atoms with Gasteiger partial charge in [0.05, 0.1) is 0 Å². The van der Waals surface area contributed by atoms with Crippen molar-refractivity contribution in [2.24, 2.45) is 0 Å². The molecule has 1 saturated carbocycles. The summed E-state index contributed by atoms with van der Waals surface area (Å²) in [6.07, 6.45) is 4.81. The van der Waals surface area contributed by atoms with E-state index in [4.69, 9.17) is 0 Å². The second-order valence-corrected chi connectivity index (χ2v) is 8.64. The van der Waals surface area contributed by atoms with E-state index in [1.807, 2.05) is 4.90 Å². The van der Waals surface area contributed by atoms with Crippen molar-refractivity contribution in [3.8, 4) is 0 Å². The minimum absolute atomic E-state index is 0.140. The Balaban J connectivity index is 1.45. The molecule has 2 aliphatic rings. The highest BCUT2D eigenvalue weighted by Gasteiger charge is 2.24. The van der Waals surface area contributed by atoms with Gasteiger partial charge in [0.15, 0.2) is 0 Å². The van der Waals surface area contributed by atoms with E-state index in [-0.39, 0.29) is 11.4 Å². The van der Waals surface area contributed by atoms with Crippen LogP contribution in [0.1, 0.15) is 57.6 Å². The number of hydrogen-bond acceptors (Lipinski definition) is 2. The van der Waals surface area contributed by atoms with E-state index < -0.39 is 0 Å². The fraction of sp³-hybridized carbons (Fsp3) is 0.667. The Morgan fingerprint density at radius 1 is 1.04 bits per heavy atom. The van der Waals surface area contributed by atoms with E-state index in [0.29, 0.717) is 6.04 Å². The van der Waals surface area contributed by atoms with Crippen LogP contribution in [0.25, 0.3) is 0 Å². The molecular formula is C21H33N3O. The lowest BCUT2D eigenvalue weighted by molar-refractivity contribution is 0.133. The number of hydrogen-bond donors (Lipinski definition) is 1. The summed E-state index contributed by atoms with van der Waals surface area (Å²) in [6.45, 7) is 11.3. The molecule has 4 nitrogen and oxygen atoms in total. The Hall–Kier alpha value is -1.55. The molecule has 4 heteroatoms. The largest absolute Gasteiger partial charge is 0.335 e. The first-order valence-corrected chi connectivity index (χ1v) is 9.79. The van der Waals surface area contributed by atoms with Crippen LogP contribution in [0.15, 0.2) is 24.3 Å². The minimum atomic E-state index is 0.140. The summed E-state index contributed by atoms with van der Waals surface area (Å²) in [5, 5.41) is 3.20. The lowest BCUT2D eigenvalue weighted by Crippen LogP contribution is -2.52. The zero-order chi connectivity index (χ0) is 17.9. The third-order valence-electron chi connectivity index (χ3n) is 5.57. The first-order valence-electron chi connectivity index (χ1n) is 9.79. The first kappa shape index (κ1) is 18.2. The first-order chi connectivity index (χ1) is 11.9. The Morgan fingerprint density at radius 3 is 2.20 bits per heavy atom. The predicted molar refractivity (Wildman–Crippen MR) is 103 cm³/mol. The van der Waals surface area contributed by atoms with Gasteiger partial charge < -0.3 is 10.2 Å². The topological polar surface area (TPSA) is 35.6 Å². The maximum absolute atomic E-state index is 12.3. The van der Waals surface area contributed by atoms with E-state index >= 15 is 0 Å². The van der Waals surface area contributed by atoms with Crippen molar-refractivity contribution in [1.82, 2.24) is 15.1 Å². The highest BCUT2D eigenvalue weighted by Crippen LogP contribution is 2.23. The number of carbonyl (C=O) groups excluding carboxylic acids is 1. The summed E-state index contributed by atoms with van der Waals surface area (Å²) >= 11 is 0. The van der Waals surface area contributed by atoms with Crippen LogP contribution in [0.3, 0.4) is 0 Å². The molecule has 0 radical (unpaired) electrons. The van der Waals surface area contributed by atoms with Crippen LogP contribution >= 0.6 is 0 Å². The molecule has 2 amide bonds. The second-order valence-electron chi connectivity index (χ2n) is 8.64.